The highest BCUT2D eigenvalue weighted by Gasteiger charge is 2.29. The molecule has 5 aromatic heterocycles. The molecule has 0 N–H and O–H groups in total. The molecule has 14 aromatic rings. The molecule has 0 aliphatic heterocycles. The Kier molecular flexibility index (Phi) is 8.75. The molecule has 7 heteroatoms. The summed E-state index contributed by atoms with van der Waals surface area (Å²) >= 11 is 0. The molecule has 0 spiro atoms. The van der Waals surface area contributed by atoms with E-state index in [0.29, 0.717) is 17.5 Å². The van der Waals surface area contributed by atoms with Gasteiger partial charge in [-0.15, -0.1) is 0 Å². The summed E-state index contributed by atoms with van der Waals surface area (Å²) in [6.45, 7) is 0. The number of nitrogens with zero attached hydrogens (tertiary/aromatic N) is 7. The number of pyridine rings is 1. The largest absolute Gasteiger partial charge is 0.307 e. The van der Waals surface area contributed by atoms with Crippen molar-refractivity contribution in [1.82, 2.24) is 33.6 Å². The highest BCUT2D eigenvalue weighted by molar-refractivity contribution is 6.14. The summed E-state index contributed by atoms with van der Waals surface area (Å²) in [5.41, 5.74) is 12.9. The summed E-state index contributed by atoms with van der Waals surface area (Å²) in [6, 6.07) is 81.1. The molecular formula is C62H39N7. The summed E-state index contributed by atoms with van der Waals surface area (Å²) < 4.78 is 7.20. The zero-order valence-electron chi connectivity index (χ0n) is 37.1. The quantitative estimate of drug-likeness (QED) is 0.160. The lowest BCUT2D eigenvalue weighted by atomic mass is 9.95. The molecule has 14 rings (SSSR count). The Hall–Kier alpha value is -9.46. The minimum atomic E-state index is 0.565. The molecule has 0 aliphatic carbocycles. The third kappa shape index (κ3) is 6.00. The molecule has 0 amide bonds. The second kappa shape index (κ2) is 15.6. The minimum Gasteiger partial charge on any atom is -0.307 e. The van der Waals surface area contributed by atoms with E-state index >= 15 is 0 Å². The molecule has 69 heavy (non-hydrogen) atoms. The van der Waals surface area contributed by atoms with Crippen molar-refractivity contribution in [3.05, 3.63) is 237 Å². The van der Waals surface area contributed by atoms with Gasteiger partial charge in [0.15, 0.2) is 23.3 Å². The van der Waals surface area contributed by atoms with Crippen molar-refractivity contribution in [1.29, 1.82) is 0 Å². The van der Waals surface area contributed by atoms with Crippen molar-refractivity contribution in [3.63, 3.8) is 0 Å². The molecule has 0 unspecified atom stereocenters. The van der Waals surface area contributed by atoms with Crippen LogP contribution in [0.5, 0.6) is 0 Å². The van der Waals surface area contributed by atoms with E-state index in [4.69, 9.17) is 19.9 Å². The van der Waals surface area contributed by atoms with Gasteiger partial charge in [0, 0.05) is 54.6 Å². The molecule has 0 bridgehead atoms. The van der Waals surface area contributed by atoms with Crippen LogP contribution in [-0.4, -0.2) is 33.6 Å². The zero-order valence-corrected chi connectivity index (χ0v) is 37.1. The van der Waals surface area contributed by atoms with Crippen molar-refractivity contribution in [2.75, 3.05) is 0 Å². The van der Waals surface area contributed by atoms with Crippen LogP contribution in [0, 0.1) is 0 Å². The van der Waals surface area contributed by atoms with E-state index in [9.17, 15) is 0 Å². The third-order valence-corrected chi connectivity index (χ3v) is 13.6. The Balaban J connectivity index is 1.20. The number of rotatable bonds is 7. The van der Waals surface area contributed by atoms with Gasteiger partial charge in [0.2, 0.25) is 0 Å². The maximum atomic E-state index is 5.74. The predicted octanol–water partition coefficient (Wildman–Crippen LogP) is 15.2. The summed E-state index contributed by atoms with van der Waals surface area (Å²) in [5, 5.41) is 6.94. The first-order valence-corrected chi connectivity index (χ1v) is 23.2. The van der Waals surface area contributed by atoms with Gasteiger partial charge in [-0.25, -0.2) is 19.9 Å². The van der Waals surface area contributed by atoms with Gasteiger partial charge in [0.05, 0.1) is 50.7 Å². The van der Waals surface area contributed by atoms with Crippen molar-refractivity contribution in [2.24, 2.45) is 0 Å². The predicted molar refractivity (Wildman–Crippen MR) is 282 cm³/mol. The first-order valence-electron chi connectivity index (χ1n) is 23.2. The molecular weight excluding hydrogens is 843 g/mol. The van der Waals surface area contributed by atoms with Crippen LogP contribution < -0.4 is 0 Å². The Morgan fingerprint density at radius 3 is 1.04 bits per heavy atom. The number of para-hydroxylation sites is 6. The molecule has 0 aliphatic rings. The van der Waals surface area contributed by atoms with E-state index < -0.39 is 0 Å². The van der Waals surface area contributed by atoms with Gasteiger partial charge in [-0.2, -0.15) is 0 Å². The fraction of sp³-hybridized carbons (Fsp3) is 0. The van der Waals surface area contributed by atoms with E-state index in [0.717, 1.165) is 110 Å². The number of aromatic nitrogens is 7. The van der Waals surface area contributed by atoms with Crippen LogP contribution in [0.2, 0.25) is 0 Å². The monoisotopic (exact) mass is 881 g/mol. The van der Waals surface area contributed by atoms with Gasteiger partial charge in [-0.05, 0) is 42.0 Å². The number of benzene rings is 9. The van der Waals surface area contributed by atoms with Crippen molar-refractivity contribution in [3.8, 4) is 62.5 Å². The Labute approximate surface area is 396 Å². The summed E-state index contributed by atoms with van der Waals surface area (Å²) in [4.78, 5) is 21.6. The van der Waals surface area contributed by atoms with Crippen molar-refractivity contribution < 1.29 is 0 Å². The highest BCUT2D eigenvalue weighted by Crippen LogP contribution is 2.47. The van der Waals surface area contributed by atoms with E-state index in [1.807, 2.05) is 36.4 Å². The van der Waals surface area contributed by atoms with Crippen LogP contribution in [0.4, 0.5) is 0 Å². The van der Waals surface area contributed by atoms with E-state index in [2.05, 4.69) is 214 Å². The second-order valence-electron chi connectivity index (χ2n) is 17.4. The Morgan fingerprint density at radius 1 is 0.275 bits per heavy atom. The van der Waals surface area contributed by atoms with Gasteiger partial charge in [0.1, 0.15) is 0 Å². The zero-order chi connectivity index (χ0) is 45.4. The van der Waals surface area contributed by atoms with Crippen LogP contribution in [0.3, 0.4) is 0 Å². The fourth-order valence-electron chi connectivity index (χ4n) is 10.6. The first-order chi connectivity index (χ1) is 34.3. The Bertz CT molecular complexity index is 4100. The minimum absolute atomic E-state index is 0.565. The maximum absolute atomic E-state index is 5.74. The van der Waals surface area contributed by atoms with E-state index in [1.54, 1.807) is 0 Å². The third-order valence-electron chi connectivity index (χ3n) is 13.6. The van der Waals surface area contributed by atoms with Crippen LogP contribution >= 0.6 is 0 Å². The van der Waals surface area contributed by atoms with Crippen LogP contribution in [0.1, 0.15) is 0 Å². The van der Waals surface area contributed by atoms with Crippen LogP contribution in [-0.2, 0) is 0 Å². The first kappa shape index (κ1) is 38.8. The van der Waals surface area contributed by atoms with Crippen molar-refractivity contribution in [2.45, 2.75) is 0 Å². The normalized spacial score (nSPS) is 11.8. The standard InChI is InChI=1S/C62H39N7/c1-3-21-40(22-4-1)59-64-60(41-23-5-2-6-24-41)66-61(65-59)49-32-8-7-31-48(49)57-56(67-50-33-15-9-25-42(50)43-26-10-16-34-51(43)67)39-63-62(69-54-37-19-13-29-46(54)47-30-14-20-38-55(47)69)58(57)68-52-35-17-11-27-44(52)45-28-12-18-36-53(45)68/h1-39H. The molecule has 0 atom stereocenters. The molecule has 0 saturated heterocycles. The molecule has 7 nitrogen and oxygen atoms in total. The van der Waals surface area contributed by atoms with Gasteiger partial charge in [0.25, 0.3) is 0 Å². The molecule has 5 heterocycles. The van der Waals surface area contributed by atoms with Crippen molar-refractivity contribution >= 4 is 65.4 Å². The summed E-state index contributed by atoms with van der Waals surface area (Å²) in [6.07, 6.45) is 2.08. The SMILES string of the molecule is c1ccc(-c2nc(-c3ccccc3)nc(-c3ccccc3-c3c(-n4c5ccccc5c5ccccc54)cnc(-n4c5ccccc5c5ccccc54)c3-n3c4ccccc4c4ccccc43)n2)cc1. The highest BCUT2D eigenvalue weighted by atomic mass is 15.1. The smallest absolute Gasteiger partial charge is 0.164 e. The van der Waals surface area contributed by atoms with Gasteiger partial charge < -0.3 is 9.13 Å². The number of hydrogen-bond acceptors (Lipinski definition) is 4. The average molecular weight is 882 g/mol. The molecule has 0 radical (unpaired) electrons. The molecule has 322 valence electrons. The Morgan fingerprint density at radius 2 is 0.609 bits per heavy atom. The summed E-state index contributed by atoms with van der Waals surface area (Å²) in [5.74, 6) is 2.55. The fourth-order valence-corrected chi connectivity index (χ4v) is 10.6. The lowest BCUT2D eigenvalue weighted by Gasteiger charge is -2.24. The maximum Gasteiger partial charge on any atom is 0.164 e. The van der Waals surface area contributed by atoms with Gasteiger partial charge in [-0.3, -0.25) is 4.57 Å². The lowest BCUT2D eigenvalue weighted by molar-refractivity contribution is 1.01. The van der Waals surface area contributed by atoms with Gasteiger partial charge >= 0.3 is 0 Å². The second-order valence-corrected chi connectivity index (χ2v) is 17.4. The van der Waals surface area contributed by atoms with Crippen LogP contribution in [0.15, 0.2) is 237 Å². The topological polar surface area (TPSA) is 66.3 Å². The number of fused-ring (bicyclic) bond motifs is 9. The summed E-state index contributed by atoms with van der Waals surface area (Å²) in [7, 11) is 0. The van der Waals surface area contributed by atoms with E-state index in [-0.39, 0.29) is 0 Å². The molecule has 0 saturated carbocycles. The molecule has 9 aromatic carbocycles. The van der Waals surface area contributed by atoms with Gasteiger partial charge in [-0.1, -0.05) is 194 Å². The lowest BCUT2D eigenvalue weighted by Crippen LogP contribution is -2.12. The molecule has 0 fully saturated rings. The number of hydrogen-bond donors (Lipinski definition) is 0. The average Bonchev–Trinajstić information content (AvgIpc) is 4.07. The van der Waals surface area contributed by atoms with E-state index in [1.165, 1.54) is 0 Å². The van der Waals surface area contributed by atoms with Crippen LogP contribution in [0.25, 0.3) is 128 Å².